The number of hydrogen-bond donors (Lipinski definition) is 1. The Morgan fingerprint density at radius 3 is 2.53 bits per heavy atom. The quantitative estimate of drug-likeness (QED) is 0.509. The lowest BCUT2D eigenvalue weighted by Gasteiger charge is -2.41. The fourth-order valence-electron chi connectivity index (χ4n) is 3.19. The Hall–Kier alpha value is -2.91. The minimum atomic E-state index is -4.89. The van der Waals surface area contributed by atoms with Crippen LogP contribution in [0.3, 0.4) is 0 Å². The third-order valence-electron chi connectivity index (χ3n) is 5.01. The molecule has 0 radical (unpaired) electrons. The summed E-state index contributed by atoms with van der Waals surface area (Å²) < 4.78 is 78.2. The monoisotopic (exact) mass is 494 g/mol. The lowest BCUT2D eigenvalue weighted by molar-refractivity contribution is -0.973. The number of fused-ring (bicyclic) bond motifs is 1. The van der Waals surface area contributed by atoms with Crippen molar-refractivity contribution in [3.63, 3.8) is 0 Å². The van der Waals surface area contributed by atoms with E-state index < -0.39 is 38.7 Å². The van der Waals surface area contributed by atoms with Crippen LogP contribution in [0.15, 0.2) is 35.1 Å². The number of likely N-dealkylation sites (N-methyl/N-ethyl adjacent to an activating group) is 1. The zero-order chi connectivity index (χ0) is 24.1. The first-order chi connectivity index (χ1) is 14.8. The predicted molar refractivity (Wildman–Crippen MR) is 112 cm³/mol. The van der Waals surface area contributed by atoms with Crippen molar-refractivity contribution in [2.45, 2.75) is 6.18 Å². The Morgan fingerprint density at radius 1 is 1.31 bits per heavy atom. The molecule has 2 heterocycles. The average molecular weight is 494 g/mol. The van der Waals surface area contributed by atoms with Gasteiger partial charge in [-0.3, -0.25) is 4.72 Å². The highest BCUT2D eigenvalue weighted by atomic mass is 32.2. The van der Waals surface area contributed by atoms with Crippen LogP contribution in [0.25, 0.3) is 0 Å². The van der Waals surface area contributed by atoms with Gasteiger partial charge >= 0.3 is 12.3 Å². The van der Waals surface area contributed by atoms with Crippen molar-refractivity contribution < 1.29 is 40.4 Å². The number of anilines is 1. The molecule has 32 heavy (non-hydrogen) atoms. The molecule has 1 N–H and O–H groups in total. The number of halogens is 3. The van der Waals surface area contributed by atoms with Crippen LogP contribution < -0.4 is 9.46 Å². The normalized spacial score (nSPS) is 21.0. The second kappa shape index (κ2) is 7.90. The summed E-state index contributed by atoms with van der Waals surface area (Å²) in [4.78, 5) is 17.5. The SMILES string of the molecule is COC(=O)N1C[N+]2(C)C(=CC(=S)N2C)N=C1S(=O)(=O)Nc1c(OC)cccc1C(F)(F)F. The number of ether oxygens (including phenoxy) is 2. The highest BCUT2D eigenvalue weighted by Crippen LogP contribution is 2.41. The van der Waals surface area contributed by atoms with Gasteiger partial charge in [-0.25, -0.2) is 9.80 Å². The van der Waals surface area contributed by atoms with Gasteiger partial charge in [0.15, 0.2) is 11.7 Å². The number of quaternary nitrogens is 1. The molecule has 1 atom stereocenters. The number of rotatable bonds is 3. The Bertz CT molecular complexity index is 1150. The number of carbonyl (C=O) groups excluding carboxylic acids is 1. The van der Waals surface area contributed by atoms with Crippen molar-refractivity contribution in [1.29, 1.82) is 0 Å². The number of methoxy groups -OCH3 is 2. The largest absolute Gasteiger partial charge is 0.495 e. The summed E-state index contributed by atoms with van der Waals surface area (Å²) in [7, 11) is 0.554. The first kappa shape index (κ1) is 23.7. The second-order valence-corrected chi connectivity index (χ2v) is 8.92. The summed E-state index contributed by atoms with van der Waals surface area (Å²) in [6, 6.07) is 2.93. The highest BCUT2D eigenvalue weighted by molar-refractivity contribution is 8.07. The number of amides is 1. The van der Waals surface area contributed by atoms with E-state index in [-0.39, 0.29) is 22.8 Å². The van der Waals surface area contributed by atoms with Crippen molar-refractivity contribution in [3.8, 4) is 5.75 Å². The fraction of sp³-hybridized carbons (Fsp3) is 0.353. The van der Waals surface area contributed by atoms with Gasteiger partial charge in [0, 0.05) is 0 Å². The molecule has 2 aliphatic rings. The molecule has 0 fully saturated rings. The molecule has 0 saturated heterocycles. The molecule has 0 saturated carbocycles. The fourth-order valence-corrected chi connectivity index (χ4v) is 4.68. The minimum Gasteiger partial charge on any atom is -0.495 e. The van der Waals surface area contributed by atoms with Crippen LogP contribution in [-0.2, 0) is 20.9 Å². The number of thiocarbonyl (C=S) groups is 1. The number of alkyl halides is 3. The number of carbonyl (C=O) groups is 1. The van der Waals surface area contributed by atoms with E-state index >= 15 is 0 Å². The van der Waals surface area contributed by atoms with E-state index in [0.29, 0.717) is 16.0 Å². The number of amidine groups is 1. The van der Waals surface area contributed by atoms with Crippen LogP contribution in [0.4, 0.5) is 23.7 Å². The van der Waals surface area contributed by atoms with Crippen molar-refractivity contribution in [2.75, 3.05) is 39.7 Å². The van der Waals surface area contributed by atoms with E-state index in [0.717, 1.165) is 26.4 Å². The summed E-state index contributed by atoms with van der Waals surface area (Å²) in [5.74, 6) is -0.194. The molecule has 10 nitrogen and oxygen atoms in total. The van der Waals surface area contributed by atoms with Gasteiger partial charge in [-0.1, -0.05) is 18.3 Å². The van der Waals surface area contributed by atoms with Crippen LogP contribution in [0.2, 0.25) is 0 Å². The number of sulfonamides is 1. The summed E-state index contributed by atoms with van der Waals surface area (Å²) in [6.45, 7) is -0.285. The van der Waals surface area contributed by atoms with Crippen molar-refractivity contribution in [3.05, 3.63) is 35.7 Å². The summed E-state index contributed by atoms with van der Waals surface area (Å²) in [5, 5.41) is 0.728. The van der Waals surface area contributed by atoms with E-state index in [9.17, 15) is 26.4 Å². The van der Waals surface area contributed by atoms with Gasteiger partial charge in [0.1, 0.15) is 11.4 Å². The van der Waals surface area contributed by atoms with Gasteiger partial charge in [-0.05, 0) is 12.1 Å². The third-order valence-corrected chi connectivity index (χ3v) is 6.66. The molecular formula is C17H19F3N5O5S2+. The first-order valence-electron chi connectivity index (χ1n) is 8.83. The van der Waals surface area contributed by atoms with Crippen LogP contribution in [-0.4, -0.2) is 74.2 Å². The zero-order valence-electron chi connectivity index (χ0n) is 17.3. The molecule has 3 rings (SSSR count). The van der Waals surface area contributed by atoms with E-state index in [1.54, 1.807) is 19.1 Å². The molecule has 0 aliphatic carbocycles. The maximum absolute atomic E-state index is 13.5. The molecule has 1 unspecified atom stereocenters. The summed E-state index contributed by atoms with van der Waals surface area (Å²) in [5.41, 5.74) is -2.12. The van der Waals surface area contributed by atoms with Crippen molar-refractivity contribution >= 4 is 44.2 Å². The summed E-state index contributed by atoms with van der Waals surface area (Å²) >= 11 is 5.21. The second-order valence-electron chi connectivity index (χ2n) is 6.92. The van der Waals surface area contributed by atoms with Crippen molar-refractivity contribution in [2.24, 2.45) is 4.99 Å². The molecule has 0 bridgehead atoms. The maximum Gasteiger partial charge on any atom is 0.420 e. The summed E-state index contributed by atoms with van der Waals surface area (Å²) in [6.07, 6.45) is -4.53. The minimum absolute atomic E-state index is 0.171. The molecule has 0 spiro atoms. The third kappa shape index (κ3) is 3.86. The van der Waals surface area contributed by atoms with Gasteiger partial charge in [0.25, 0.3) is 21.0 Å². The molecule has 174 valence electrons. The molecule has 15 heteroatoms. The van der Waals surface area contributed by atoms with E-state index in [1.807, 2.05) is 4.72 Å². The lowest BCUT2D eigenvalue weighted by Crippen LogP contribution is -2.63. The number of nitrogens with one attached hydrogen (secondary N) is 1. The number of benzene rings is 1. The van der Waals surface area contributed by atoms with Gasteiger partial charge in [0.2, 0.25) is 0 Å². The standard InChI is InChI=1S/C17H19F3N5O5S2/c1-23-13(31)8-12-21-15(24(16(26)30-4)9-25(12,23)2)32(27,28)22-14-10(17(18,19)20)6-5-7-11(14)29-3/h5-8,22H,9H2,1-4H3/q+1. The van der Waals surface area contributed by atoms with E-state index in [1.165, 1.54) is 6.08 Å². The average Bonchev–Trinajstić information content (AvgIpc) is 2.94. The molecule has 2 aliphatic heterocycles. The highest BCUT2D eigenvalue weighted by Gasteiger charge is 2.51. The lowest BCUT2D eigenvalue weighted by atomic mass is 10.1. The zero-order valence-corrected chi connectivity index (χ0v) is 18.9. The Morgan fingerprint density at radius 2 is 1.97 bits per heavy atom. The predicted octanol–water partition coefficient (Wildman–Crippen LogP) is 2.33. The van der Waals surface area contributed by atoms with Crippen LogP contribution in [0.5, 0.6) is 5.75 Å². The number of para-hydroxylation sites is 1. The molecule has 1 aromatic rings. The van der Waals surface area contributed by atoms with Gasteiger partial charge in [-0.15, -0.1) is 0 Å². The Kier molecular flexibility index (Phi) is 5.86. The molecule has 1 amide bonds. The van der Waals surface area contributed by atoms with Crippen molar-refractivity contribution in [1.82, 2.24) is 9.91 Å². The Labute approximate surface area is 187 Å². The molecule has 1 aromatic carbocycles. The van der Waals surface area contributed by atoms with Crippen LogP contribution >= 0.6 is 12.2 Å². The van der Waals surface area contributed by atoms with E-state index in [4.69, 9.17) is 17.0 Å². The van der Waals surface area contributed by atoms with Gasteiger partial charge in [0.05, 0.1) is 40.0 Å². The Balaban J connectivity index is 2.15. The smallest absolute Gasteiger partial charge is 0.420 e. The number of hydrogen-bond acceptors (Lipinski definition) is 7. The van der Waals surface area contributed by atoms with Gasteiger partial charge in [-0.2, -0.15) is 36.1 Å². The van der Waals surface area contributed by atoms with Crippen LogP contribution in [0.1, 0.15) is 5.56 Å². The topological polar surface area (TPSA) is 101 Å². The number of nitrogens with zero attached hydrogens (tertiary/aromatic N) is 4. The van der Waals surface area contributed by atoms with Gasteiger partial charge < -0.3 is 9.47 Å². The first-order valence-corrected chi connectivity index (χ1v) is 10.7. The molecule has 0 aromatic heterocycles. The number of aliphatic imine (C=N–C) groups is 1. The maximum atomic E-state index is 13.5. The molecular weight excluding hydrogens is 475 g/mol. The van der Waals surface area contributed by atoms with E-state index in [2.05, 4.69) is 9.73 Å². The van der Waals surface area contributed by atoms with Crippen LogP contribution in [0, 0.1) is 0 Å².